The number of carboxylic acids is 1. The highest BCUT2D eigenvalue weighted by atomic mass is 35.5. The predicted octanol–water partition coefficient (Wildman–Crippen LogP) is 3.56. The highest BCUT2D eigenvalue weighted by Crippen LogP contribution is 2.26. The second kappa shape index (κ2) is 8.10. The number of hydrogen-bond acceptors (Lipinski definition) is 3. The lowest BCUT2D eigenvalue weighted by Gasteiger charge is -2.17. The fourth-order valence-electron chi connectivity index (χ4n) is 2.70. The Morgan fingerprint density at radius 3 is 2.42 bits per heavy atom. The van der Waals surface area contributed by atoms with E-state index in [0.29, 0.717) is 15.7 Å². The Bertz CT molecular complexity index is 846. The van der Waals surface area contributed by atoms with E-state index in [0.717, 1.165) is 16.9 Å². The number of benzene rings is 1. The van der Waals surface area contributed by atoms with Crippen LogP contribution in [-0.4, -0.2) is 32.8 Å². The molecule has 2 aromatic rings. The molecule has 2 rings (SSSR count). The van der Waals surface area contributed by atoms with Crippen molar-refractivity contribution in [3.63, 3.8) is 0 Å². The molecule has 0 unspecified atom stereocenters. The first-order valence-corrected chi connectivity index (χ1v) is 8.90. The van der Waals surface area contributed by atoms with Gasteiger partial charge in [-0.15, -0.1) is 0 Å². The topological polar surface area (TPSA) is 84.2 Å². The Labute approximate surface area is 162 Å². The number of carbonyl (C=O) groups excluding carboxylic acids is 1. The molecule has 8 heteroatoms. The molecule has 26 heavy (non-hydrogen) atoms. The lowest BCUT2D eigenvalue weighted by molar-refractivity contribution is -0.143. The van der Waals surface area contributed by atoms with E-state index in [1.54, 1.807) is 43.7 Å². The van der Waals surface area contributed by atoms with Gasteiger partial charge in [0.1, 0.15) is 6.04 Å². The highest BCUT2D eigenvalue weighted by Gasteiger charge is 2.24. The minimum atomic E-state index is -1.05. The number of halogens is 2. The first-order chi connectivity index (χ1) is 12.1. The summed E-state index contributed by atoms with van der Waals surface area (Å²) in [5, 5.41) is 17.1. The van der Waals surface area contributed by atoms with Crippen LogP contribution < -0.4 is 5.32 Å². The molecule has 140 valence electrons. The van der Waals surface area contributed by atoms with E-state index >= 15 is 0 Å². The van der Waals surface area contributed by atoms with Crippen molar-refractivity contribution in [2.24, 2.45) is 5.92 Å². The van der Waals surface area contributed by atoms with Crippen LogP contribution in [0.2, 0.25) is 10.0 Å². The molecular weight excluding hydrogens is 377 g/mol. The summed E-state index contributed by atoms with van der Waals surface area (Å²) in [6, 6.07) is 4.25. The van der Waals surface area contributed by atoms with Gasteiger partial charge < -0.3 is 10.4 Å². The Hall–Kier alpha value is -2.05. The van der Waals surface area contributed by atoms with Crippen LogP contribution in [0.5, 0.6) is 0 Å². The van der Waals surface area contributed by atoms with Gasteiger partial charge in [-0.2, -0.15) is 5.10 Å². The van der Waals surface area contributed by atoms with Crippen molar-refractivity contribution in [3.8, 4) is 5.69 Å². The maximum absolute atomic E-state index is 12.3. The fraction of sp³-hybridized carbons (Fsp3) is 0.389. The van der Waals surface area contributed by atoms with Crippen LogP contribution in [-0.2, 0) is 16.0 Å². The molecule has 1 aromatic carbocycles. The average Bonchev–Trinajstić information content (AvgIpc) is 2.82. The number of nitrogens with zero attached hydrogens (tertiary/aromatic N) is 2. The molecule has 0 saturated heterocycles. The van der Waals surface area contributed by atoms with Crippen molar-refractivity contribution in [2.45, 2.75) is 40.2 Å². The van der Waals surface area contributed by atoms with Gasteiger partial charge in [-0.25, -0.2) is 9.48 Å². The average molecular weight is 398 g/mol. The molecule has 0 bridgehead atoms. The molecule has 1 amide bonds. The number of carboxylic acid groups (broad SMARTS) is 1. The van der Waals surface area contributed by atoms with E-state index < -0.39 is 12.0 Å². The van der Waals surface area contributed by atoms with Crippen LogP contribution in [0.15, 0.2) is 18.2 Å². The number of carbonyl (C=O) groups is 2. The SMILES string of the molecule is Cc1nn(-c2ccc(Cl)c(Cl)c2)c(C)c1CC(=O)N[C@@H](C(=O)O)C(C)C. The lowest BCUT2D eigenvalue weighted by atomic mass is 10.0. The van der Waals surface area contributed by atoms with Gasteiger partial charge in [-0.1, -0.05) is 37.0 Å². The summed E-state index contributed by atoms with van der Waals surface area (Å²) in [4.78, 5) is 23.6. The van der Waals surface area contributed by atoms with Gasteiger partial charge in [-0.05, 0) is 38.0 Å². The summed E-state index contributed by atoms with van der Waals surface area (Å²) in [7, 11) is 0. The third-order valence-corrected chi connectivity index (χ3v) is 4.91. The monoisotopic (exact) mass is 397 g/mol. The normalized spacial score (nSPS) is 12.3. The van der Waals surface area contributed by atoms with Crippen molar-refractivity contribution < 1.29 is 14.7 Å². The third-order valence-electron chi connectivity index (χ3n) is 4.18. The molecule has 0 aliphatic carbocycles. The van der Waals surface area contributed by atoms with E-state index in [4.69, 9.17) is 23.2 Å². The molecule has 0 saturated carbocycles. The van der Waals surface area contributed by atoms with Crippen LogP contribution in [0, 0.1) is 19.8 Å². The predicted molar refractivity (Wildman–Crippen MR) is 101 cm³/mol. The van der Waals surface area contributed by atoms with Gasteiger partial charge in [0.2, 0.25) is 5.91 Å². The molecule has 2 N–H and O–H groups in total. The molecule has 1 heterocycles. The molecule has 0 aliphatic heterocycles. The molecule has 0 fully saturated rings. The quantitative estimate of drug-likeness (QED) is 0.779. The Balaban J connectivity index is 2.26. The second-order valence-corrected chi connectivity index (χ2v) is 7.28. The summed E-state index contributed by atoms with van der Waals surface area (Å²) in [5.41, 5.74) is 2.96. The number of hydrogen-bond donors (Lipinski definition) is 2. The number of aryl methyl sites for hydroxylation is 1. The van der Waals surface area contributed by atoms with Crippen LogP contribution in [0.25, 0.3) is 5.69 Å². The largest absolute Gasteiger partial charge is 0.480 e. The molecular formula is C18H21Cl2N3O3. The fourth-order valence-corrected chi connectivity index (χ4v) is 2.99. The van der Waals surface area contributed by atoms with Crippen molar-refractivity contribution in [1.29, 1.82) is 0 Å². The minimum absolute atomic E-state index is 0.0511. The second-order valence-electron chi connectivity index (χ2n) is 6.46. The van der Waals surface area contributed by atoms with Crippen LogP contribution in [0.4, 0.5) is 0 Å². The lowest BCUT2D eigenvalue weighted by Crippen LogP contribution is -2.45. The van der Waals surface area contributed by atoms with Gasteiger partial charge in [0.15, 0.2) is 0 Å². The Kier molecular flexibility index (Phi) is 6.31. The molecule has 0 aliphatic rings. The zero-order valence-corrected chi connectivity index (χ0v) is 16.5. The van der Waals surface area contributed by atoms with Crippen molar-refractivity contribution in [3.05, 3.63) is 45.2 Å². The van der Waals surface area contributed by atoms with Crippen LogP contribution >= 0.6 is 23.2 Å². The number of rotatable bonds is 6. The minimum Gasteiger partial charge on any atom is -0.480 e. The number of nitrogens with one attached hydrogen (secondary N) is 1. The summed E-state index contributed by atoms with van der Waals surface area (Å²) >= 11 is 12.0. The summed E-state index contributed by atoms with van der Waals surface area (Å²) < 4.78 is 1.69. The zero-order valence-electron chi connectivity index (χ0n) is 15.0. The summed E-state index contributed by atoms with van der Waals surface area (Å²) in [5.74, 6) is -1.61. The van der Waals surface area contributed by atoms with E-state index in [1.807, 2.05) is 6.92 Å². The maximum Gasteiger partial charge on any atom is 0.326 e. The van der Waals surface area contributed by atoms with Crippen molar-refractivity contribution in [1.82, 2.24) is 15.1 Å². The van der Waals surface area contributed by atoms with E-state index in [9.17, 15) is 14.7 Å². The number of aromatic nitrogens is 2. The summed E-state index contributed by atoms with van der Waals surface area (Å²) in [6.45, 7) is 7.15. The smallest absolute Gasteiger partial charge is 0.326 e. The maximum atomic E-state index is 12.3. The molecule has 1 aromatic heterocycles. The van der Waals surface area contributed by atoms with Gasteiger partial charge in [0.25, 0.3) is 0 Å². The Morgan fingerprint density at radius 1 is 1.23 bits per heavy atom. The van der Waals surface area contributed by atoms with Gasteiger partial charge in [0, 0.05) is 11.3 Å². The first-order valence-electron chi connectivity index (χ1n) is 8.14. The van der Waals surface area contributed by atoms with Crippen molar-refractivity contribution in [2.75, 3.05) is 0 Å². The molecule has 6 nitrogen and oxygen atoms in total. The van der Waals surface area contributed by atoms with Gasteiger partial charge >= 0.3 is 5.97 Å². The van der Waals surface area contributed by atoms with Gasteiger partial charge in [0.05, 0.1) is 27.8 Å². The number of amides is 1. The van der Waals surface area contributed by atoms with Crippen LogP contribution in [0.1, 0.15) is 30.8 Å². The summed E-state index contributed by atoms with van der Waals surface area (Å²) in [6.07, 6.45) is 0.0511. The van der Waals surface area contributed by atoms with Crippen molar-refractivity contribution >= 4 is 35.1 Å². The number of aliphatic carboxylic acids is 1. The standard InChI is InChI=1S/C18H21Cl2N3O3/c1-9(2)17(18(25)26)21-16(24)8-13-10(3)22-23(11(13)4)12-5-6-14(19)15(20)7-12/h5-7,9,17H,8H2,1-4H3,(H,21,24)(H,25,26)/t17-/m1/s1. The van der Waals surface area contributed by atoms with E-state index in [2.05, 4.69) is 10.4 Å². The Morgan fingerprint density at radius 2 is 1.88 bits per heavy atom. The first kappa shape index (κ1) is 20.3. The highest BCUT2D eigenvalue weighted by molar-refractivity contribution is 6.42. The van der Waals surface area contributed by atoms with E-state index in [1.165, 1.54) is 0 Å². The van der Waals surface area contributed by atoms with Gasteiger partial charge in [-0.3, -0.25) is 4.79 Å². The third kappa shape index (κ3) is 4.37. The van der Waals surface area contributed by atoms with E-state index in [-0.39, 0.29) is 18.2 Å². The van der Waals surface area contributed by atoms with Crippen LogP contribution in [0.3, 0.4) is 0 Å². The molecule has 0 spiro atoms. The molecule has 1 atom stereocenters. The zero-order chi connectivity index (χ0) is 19.6. The molecule has 0 radical (unpaired) electrons.